The Bertz CT molecular complexity index is 889. The molecule has 0 aliphatic carbocycles. The minimum Gasteiger partial charge on any atom is -0.339 e. The second kappa shape index (κ2) is 8.69. The van der Waals surface area contributed by atoms with E-state index in [1.807, 2.05) is 48.5 Å². The summed E-state index contributed by atoms with van der Waals surface area (Å²) < 4.78 is 5.40. The molecule has 6 heteroatoms. The lowest BCUT2D eigenvalue weighted by Crippen LogP contribution is -2.52. The predicted octanol–water partition coefficient (Wildman–Crippen LogP) is 3.40. The number of urea groups is 1. The molecule has 28 heavy (non-hydrogen) atoms. The van der Waals surface area contributed by atoms with E-state index in [1.54, 1.807) is 4.90 Å². The zero-order valence-corrected chi connectivity index (χ0v) is 15.8. The second-order valence-electron chi connectivity index (χ2n) is 7.13. The lowest BCUT2D eigenvalue weighted by molar-refractivity contribution is 0.137. The fraction of sp³-hybridized carbons (Fsp3) is 0.318. The third kappa shape index (κ3) is 4.57. The van der Waals surface area contributed by atoms with E-state index in [0.29, 0.717) is 37.8 Å². The van der Waals surface area contributed by atoms with Crippen LogP contribution >= 0.6 is 0 Å². The Morgan fingerprint density at radius 3 is 2.43 bits per heavy atom. The largest absolute Gasteiger partial charge is 0.339 e. The number of nitrogens with one attached hydrogen (secondary N) is 1. The molecule has 2 aromatic carbocycles. The van der Waals surface area contributed by atoms with Gasteiger partial charge < -0.3 is 14.7 Å². The fourth-order valence-corrected chi connectivity index (χ4v) is 3.33. The van der Waals surface area contributed by atoms with Crippen LogP contribution in [0.15, 0.2) is 65.2 Å². The van der Waals surface area contributed by atoms with Crippen LogP contribution < -0.4 is 5.32 Å². The van der Waals surface area contributed by atoms with E-state index in [2.05, 4.69) is 27.6 Å². The van der Waals surface area contributed by atoms with Gasteiger partial charge in [-0.15, -0.1) is 0 Å². The van der Waals surface area contributed by atoms with Crippen molar-refractivity contribution in [2.75, 3.05) is 19.6 Å². The van der Waals surface area contributed by atoms with Gasteiger partial charge in [0, 0.05) is 26.1 Å². The summed E-state index contributed by atoms with van der Waals surface area (Å²) in [4.78, 5) is 18.5. The number of likely N-dealkylation sites (tertiary alicyclic amines) is 1. The lowest BCUT2D eigenvalue weighted by atomic mass is 10.0. The minimum absolute atomic E-state index is 0.0201. The van der Waals surface area contributed by atoms with Gasteiger partial charge in [-0.2, -0.15) is 4.98 Å². The smallest absolute Gasteiger partial charge is 0.317 e. The molecule has 2 heterocycles. The number of rotatable bonds is 7. The average molecular weight is 376 g/mol. The third-order valence-electron chi connectivity index (χ3n) is 4.97. The second-order valence-corrected chi connectivity index (χ2v) is 7.13. The summed E-state index contributed by atoms with van der Waals surface area (Å²) in [7, 11) is 0. The van der Waals surface area contributed by atoms with Crippen LogP contribution in [-0.2, 0) is 12.8 Å². The topological polar surface area (TPSA) is 71.3 Å². The van der Waals surface area contributed by atoms with Crippen molar-refractivity contribution >= 4 is 6.03 Å². The first kappa shape index (κ1) is 18.2. The van der Waals surface area contributed by atoms with Gasteiger partial charge in [0.15, 0.2) is 5.82 Å². The number of hydrogen-bond donors (Lipinski definition) is 1. The molecule has 0 unspecified atom stereocenters. The zero-order chi connectivity index (χ0) is 19.2. The molecule has 1 fully saturated rings. The van der Waals surface area contributed by atoms with E-state index >= 15 is 0 Å². The number of carbonyl (C=O) groups excluding carboxylic acids is 1. The number of aryl methyl sites for hydroxylation is 1. The SMILES string of the molecule is O=C(NCCCc1ccccc1)N1CC(c2nc(Cc3ccccc3)no2)C1. The minimum atomic E-state index is -0.0201. The van der Waals surface area contributed by atoms with Gasteiger partial charge in [0.25, 0.3) is 0 Å². The molecule has 0 radical (unpaired) electrons. The van der Waals surface area contributed by atoms with E-state index in [9.17, 15) is 4.79 Å². The summed E-state index contributed by atoms with van der Waals surface area (Å²) in [5, 5.41) is 7.05. The van der Waals surface area contributed by atoms with Crippen molar-refractivity contribution < 1.29 is 9.32 Å². The Hall–Kier alpha value is -3.15. The highest BCUT2D eigenvalue weighted by molar-refractivity contribution is 5.75. The highest BCUT2D eigenvalue weighted by atomic mass is 16.5. The van der Waals surface area contributed by atoms with Crippen LogP contribution in [0.1, 0.15) is 35.2 Å². The van der Waals surface area contributed by atoms with Crippen LogP contribution in [0, 0.1) is 0 Å². The van der Waals surface area contributed by atoms with Crippen LogP contribution in [0.2, 0.25) is 0 Å². The van der Waals surface area contributed by atoms with Crippen molar-refractivity contribution in [3.05, 3.63) is 83.5 Å². The molecule has 1 aliphatic heterocycles. The fourth-order valence-electron chi connectivity index (χ4n) is 3.33. The summed E-state index contributed by atoms with van der Waals surface area (Å²) in [5.74, 6) is 1.44. The Labute approximate surface area is 164 Å². The molecular weight excluding hydrogens is 352 g/mol. The van der Waals surface area contributed by atoms with Crippen LogP contribution in [0.5, 0.6) is 0 Å². The lowest BCUT2D eigenvalue weighted by Gasteiger charge is -2.36. The molecular formula is C22H24N4O2. The normalized spacial score (nSPS) is 13.9. The van der Waals surface area contributed by atoms with Crippen LogP contribution in [0.25, 0.3) is 0 Å². The molecule has 0 atom stereocenters. The van der Waals surface area contributed by atoms with E-state index in [4.69, 9.17) is 4.52 Å². The number of carbonyl (C=O) groups is 1. The first-order valence-corrected chi connectivity index (χ1v) is 9.71. The van der Waals surface area contributed by atoms with Crippen LogP contribution in [0.4, 0.5) is 4.79 Å². The predicted molar refractivity (Wildman–Crippen MR) is 106 cm³/mol. The van der Waals surface area contributed by atoms with Crippen molar-refractivity contribution in [3.63, 3.8) is 0 Å². The van der Waals surface area contributed by atoms with Crippen LogP contribution in [-0.4, -0.2) is 40.7 Å². The molecule has 2 amide bonds. The summed E-state index contributed by atoms with van der Waals surface area (Å²) in [6.07, 6.45) is 2.55. The van der Waals surface area contributed by atoms with E-state index in [1.165, 1.54) is 5.56 Å². The van der Waals surface area contributed by atoms with Gasteiger partial charge in [0.05, 0.1) is 5.92 Å². The Morgan fingerprint density at radius 1 is 1.04 bits per heavy atom. The highest BCUT2D eigenvalue weighted by Crippen LogP contribution is 2.25. The maximum atomic E-state index is 12.2. The van der Waals surface area contributed by atoms with Gasteiger partial charge in [-0.1, -0.05) is 65.8 Å². The Kier molecular flexibility index (Phi) is 5.66. The summed E-state index contributed by atoms with van der Waals surface area (Å²) >= 11 is 0. The van der Waals surface area contributed by atoms with Gasteiger partial charge in [0.2, 0.25) is 5.89 Å². The van der Waals surface area contributed by atoms with Gasteiger partial charge in [-0.25, -0.2) is 4.79 Å². The first-order valence-electron chi connectivity index (χ1n) is 9.71. The number of nitrogens with zero attached hydrogens (tertiary/aromatic N) is 3. The van der Waals surface area contributed by atoms with Crippen molar-refractivity contribution in [1.29, 1.82) is 0 Å². The maximum Gasteiger partial charge on any atom is 0.317 e. The maximum absolute atomic E-state index is 12.2. The molecule has 1 saturated heterocycles. The molecule has 0 spiro atoms. The molecule has 1 N–H and O–H groups in total. The monoisotopic (exact) mass is 376 g/mol. The van der Waals surface area contributed by atoms with Crippen molar-refractivity contribution in [2.24, 2.45) is 0 Å². The molecule has 4 rings (SSSR count). The van der Waals surface area contributed by atoms with E-state index in [-0.39, 0.29) is 11.9 Å². The van der Waals surface area contributed by atoms with Gasteiger partial charge in [0.1, 0.15) is 0 Å². The van der Waals surface area contributed by atoms with Gasteiger partial charge in [-0.3, -0.25) is 0 Å². The van der Waals surface area contributed by atoms with Crippen molar-refractivity contribution in [1.82, 2.24) is 20.4 Å². The number of amides is 2. The third-order valence-corrected chi connectivity index (χ3v) is 4.97. The average Bonchev–Trinajstić information content (AvgIpc) is 3.13. The number of aromatic nitrogens is 2. The summed E-state index contributed by atoms with van der Waals surface area (Å²) in [6.45, 7) is 1.92. The Morgan fingerprint density at radius 2 is 1.71 bits per heavy atom. The molecule has 3 aromatic rings. The Balaban J connectivity index is 1.17. The number of benzene rings is 2. The number of hydrogen-bond acceptors (Lipinski definition) is 4. The molecule has 6 nitrogen and oxygen atoms in total. The first-order chi connectivity index (χ1) is 13.8. The molecule has 1 aliphatic rings. The standard InChI is InChI=1S/C22H24N4O2/c27-22(23-13-7-12-17-8-3-1-4-9-17)26-15-19(16-26)21-24-20(25-28-21)14-18-10-5-2-6-11-18/h1-6,8-11,19H,7,12-16H2,(H,23,27). The van der Waals surface area contributed by atoms with Crippen LogP contribution in [0.3, 0.4) is 0 Å². The highest BCUT2D eigenvalue weighted by Gasteiger charge is 2.35. The summed E-state index contributed by atoms with van der Waals surface area (Å²) in [5.41, 5.74) is 2.45. The molecule has 144 valence electrons. The quantitative estimate of drug-likeness (QED) is 0.642. The molecule has 0 saturated carbocycles. The van der Waals surface area contributed by atoms with Gasteiger partial charge >= 0.3 is 6.03 Å². The molecule has 1 aromatic heterocycles. The van der Waals surface area contributed by atoms with E-state index < -0.39 is 0 Å². The summed E-state index contributed by atoms with van der Waals surface area (Å²) in [6, 6.07) is 20.4. The van der Waals surface area contributed by atoms with Crippen molar-refractivity contribution in [2.45, 2.75) is 25.2 Å². The molecule has 0 bridgehead atoms. The van der Waals surface area contributed by atoms with Crippen molar-refractivity contribution in [3.8, 4) is 0 Å². The van der Waals surface area contributed by atoms with Gasteiger partial charge in [-0.05, 0) is 24.0 Å². The zero-order valence-electron chi connectivity index (χ0n) is 15.8. The van der Waals surface area contributed by atoms with E-state index in [0.717, 1.165) is 18.4 Å².